The molecule has 0 bridgehead atoms. The third kappa shape index (κ3) is 4.33. The quantitative estimate of drug-likeness (QED) is 0.329. The van der Waals surface area contributed by atoms with Gasteiger partial charge in [-0.2, -0.15) is 0 Å². The van der Waals surface area contributed by atoms with Crippen molar-refractivity contribution in [3.63, 3.8) is 0 Å². The number of aromatic nitrogens is 3. The van der Waals surface area contributed by atoms with Crippen molar-refractivity contribution < 1.29 is 13.9 Å². The second-order valence-electron chi connectivity index (χ2n) is 7.18. The molecule has 0 aliphatic carbocycles. The summed E-state index contributed by atoms with van der Waals surface area (Å²) in [6.07, 6.45) is 1.59. The molecule has 0 aliphatic heterocycles. The summed E-state index contributed by atoms with van der Waals surface area (Å²) in [4.78, 5) is 12.8. The van der Waals surface area contributed by atoms with E-state index in [4.69, 9.17) is 9.15 Å². The predicted octanol–water partition coefficient (Wildman–Crippen LogP) is 5.42. The molecule has 0 aliphatic rings. The minimum atomic E-state index is -0.125. The number of rotatable bonds is 7. The summed E-state index contributed by atoms with van der Waals surface area (Å²) in [5.41, 5.74) is 1.62. The highest BCUT2D eigenvalue weighted by Crippen LogP contribution is 2.29. The van der Waals surface area contributed by atoms with Crippen molar-refractivity contribution in [3.8, 4) is 23.0 Å². The normalized spacial score (nSPS) is 10.9. The van der Waals surface area contributed by atoms with Crippen LogP contribution in [0.5, 0.6) is 5.75 Å². The van der Waals surface area contributed by atoms with Gasteiger partial charge >= 0.3 is 0 Å². The van der Waals surface area contributed by atoms with Gasteiger partial charge in [-0.25, -0.2) is 0 Å². The molecule has 7 nitrogen and oxygen atoms in total. The van der Waals surface area contributed by atoms with Gasteiger partial charge in [0.15, 0.2) is 10.9 Å². The molecule has 0 saturated heterocycles. The number of amides is 1. The van der Waals surface area contributed by atoms with Crippen LogP contribution in [0.4, 0.5) is 5.69 Å². The van der Waals surface area contributed by atoms with E-state index in [9.17, 15) is 4.79 Å². The van der Waals surface area contributed by atoms with Crippen molar-refractivity contribution in [2.75, 3.05) is 18.2 Å². The number of carbonyl (C=O) groups excluding carboxylic acids is 1. The van der Waals surface area contributed by atoms with Crippen molar-refractivity contribution in [3.05, 3.63) is 85.1 Å². The first kappa shape index (κ1) is 20.8. The fraction of sp³-hybridized carbons (Fsp3) is 0.0800. The Bertz CT molecular complexity index is 1390. The van der Waals surface area contributed by atoms with Crippen LogP contribution >= 0.6 is 11.8 Å². The Labute approximate surface area is 194 Å². The number of furan rings is 1. The number of benzene rings is 3. The van der Waals surface area contributed by atoms with Gasteiger partial charge in [0.2, 0.25) is 11.7 Å². The number of ether oxygens (including phenoxy) is 1. The maximum absolute atomic E-state index is 12.8. The molecule has 2 aromatic heterocycles. The lowest BCUT2D eigenvalue weighted by Crippen LogP contribution is -2.14. The van der Waals surface area contributed by atoms with Crippen LogP contribution in [-0.2, 0) is 4.79 Å². The zero-order valence-corrected chi connectivity index (χ0v) is 18.6. The molecule has 5 rings (SSSR count). The summed E-state index contributed by atoms with van der Waals surface area (Å²) in [6, 6.07) is 25.0. The van der Waals surface area contributed by atoms with Crippen LogP contribution in [0.3, 0.4) is 0 Å². The smallest absolute Gasteiger partial charge is 0.234 e. The van der Waals surface area contributed by atoms with E-state index in [1.807, 2.05) is 77.4 Å². The van der Waals surface area contributed by atoms with E-state index in [-0.39, 0.29) is 11.7 Å². The topological polar surface area (TPSA) is 82.2 Å². The molecule has 8 heteroatoms. The van der Waals surface area contributed by atoms with E-state index in [2.05, 4.69) is 15.5 Å². The van der Waals surface area contributed by atoms with Crippen molar-refractivity contribution in [2.24, 2.45) is 0 Å². The summed E-state index contributed by atoms with van der Waals surface area (Å²) in [6.45, 7) is 0. The van der Waals surface area contributed by atoms with Gasteiger partial charge in [-0.3, -0.25) is 9.36 Å². The van der Waals surface area contributed by atoms with Crippen LogP contribution in [-0.4, -0.2) is 33.5 Å². The number of carbonyl (C=O) groups is 1. The molecule has 5 aromatic rings. The monoisotopic (exact) mass is 456 g/mol. The third-order valence-electron chi connectivity index (χ3n) is 5.10. The van der Waals surface area contributed by atoms with Crippen LogP contribution in [0.2, 0.25) is 0 Å². The van der Waals surface area contributed by atoms with Gasteiger partial charge in [0.1, 0.15) is 5.75 Å². The number of fused-ring (bicyclic) bond motifs is 1. The van der Waals surface area contributed by atoms with Gasteiger partial charge in [0.25, 0.3) is 0 Å². The summed E-state index contributed by atoms with van der Waals surface area (Å²) in [7, 11) is 1.62. The predicted molar refractivity (Wildman–Crippen MR) is 129 cm³/mol. The van der Waals surface area contributed by atoms with Crippen LogP contribution in [0, 0.1) is 0 Å². The Morgan fingerprint density at radius 1 is 1.00 bits per heavy atom. The number of nitrogens with one attached hydrogen (secondary N) is 1. The molecule has 3 aromatic carbocycles. The molecular weight excluding hydrogens is 436 g/mol. The number of hydrogen-bond donors (Lipinski definition) is 1. The molecule has 164 valence electrons. The van der Waals surface area contributed by atoms with Crippen molar-refractivity contribution in [2.45, 2.75) is 5.16 Å². The van der Waals surface area contributed by atoms with E-state index in [1.165, 1.54) is 11.8 Å². The molecule has 2 heterocycles. The van der Waals surface area contributed by atoms with E-state index >= 15 is 0 Å². The number of hydrogen-bond acceptors (Lipinski definition) is 6. The Kier molecular flexibility index (Phi) is 5.82. The first-order valence-corrected chi connectivity index (χ1v) is 11.3. The van der Waals surface area contributed by atoms with Crippen LogP contribution in [0.25, 0.3) is 28.0 Å². The average Bonchev–Trinajstić information content (AvgIpc) is 3.53. The van der Waals surface area contributed by atoms with E-state index in [1.54, 1.807) is 19.4 Å². The molecule has 0 fully saturated rings. The van der Waals surface area contributed by atoms with Crippen molar-refractivity contribution >= 4 is 34.1 Å². The van der Waals surface area contributed by atoms with Crippen molar-refractivity contribution in [1.82, 2.24) is 14.8 Å². The Morgan fingerprint density at radius 2 is 1.82 bits per heavy atom. The number of nitrogens with zero attached hydrogens (tertiary/aromatic N) is 3. The molecule has 0 saturated carbocycles. The Morgan fingerprint density at radius 3 is 2.61 bits per heavy atom. The van der Waals surface area contributed by atoms with Gasteiger partial charge in [0.05, 0.1) is 24.8 Å². The largest absolute Gasteiger partial charge is 0.497 e. The maximum Gasteiger partial charge on any atom is 0.234 e. The van der Waals surface area contributed by atoms with Crippen LogP contribution < -0.4 is 10.1 Å². The summed E-state index contributed by atoms with van der Waals surface area (Å²) in [5.74, 6) is 1.94. The van der Waals surface area contributed by atoms with E-state index in [0.29, 0.717) is 16.7 Å². The molecule has 0 unspecified atom stereocenters. The third-order valence-corrected chi connectivity index (χ3v) is 6.03. The fourth-order valence-electron chi connectivity index (χ4n) is 3.54. The van der Waals surface area contributed by atoms with Gasteiger partial charge < -0.3 is 14.5 Å². The first-order chi connectivity index (χ1) is 16.2. The van der Waals surface area contributed by atoms with Gasteiger partial charge in [0, 0.05) is 11.1 Å². The number of thioether (sulfide) groups is 1. The highest BCUT2D eigenvalue weighted by Gasteiger charge is 2.19. The molecule has 0 atom stereocenters. The highest BCUT2D eigenvalue weighted by atomic mass is 32.2. The van der Waals surface area contributed by atoms with Gasteiger partial charge in [-0.15, -0.1) is 10.2 Å². The van der Waals surface area contributed by atoms with Crippen LogP contribution in [0.15, 0.2) is 94.7 Å². The molecule has 0 spiro atoms. The lowest BCUT2D eigenvalue weighted by atomic mass is 10.1. The maximum atomic E-state index is 12.8. The Balaban J connectivity index is 1.39. The highest BCUT2D eigenvalue weighted by molar-refractivity contribution is 7.99. The number of anilines is 1. The molecule has 1 amide bonds. The minimum absolute atomic E-state index is 0.125. The van der Waals surface area contributed by atoms with Gasteiger partial charge in [-0.05, 0) is 47.9 Å². The second-order valence-corrected chi connectivity index (χ2v) is 8.12. The molecule has 1 N–H and O–H groups in total. The average molecular weight is 457 g/mol. The van der Waals surface area contributed by atoms with Crippen molar-refractivity contribution in [1.29, 1.82) is 0 Å². The molecule has 33 heavy (non-hydrogen) atoms. The molecule has 0 radical (unpaired) electrons. The summed E-state index contributed by atoms with van der Waals surface area (Å²) < 4.78 is 12.7. The minimum Gasteiger partial charge on any atom is -0.497 e. The lowest BCUT2D eigenvalue weighted by Gasteiger charge is -2.11. The SMILES string of the molecule is COc1ccc(-n2c(SCC(=O)Nc3cccc4ccccc34)nnc2-c2ccco2)cc1. The second kappa shape index (κ2) is 9.22. The molecular formula is C25H20N4O3S. The summed E-state index contributed by atoms with van der Waals surface area (Å²) >= 11 is 1.31. The van der Waals surface area contributed by atoms with Gasteiger partial charge in [-0.1, -0.05) is 48.2 Å². The lowest BCUT2D eigenvalue weighted by molar-refractivity contribution is -0.113. The number of methoxy groups -OCH3 is 1. The van der Waals surface area contributed by atoms with E-state index < -0.39 is 0 Å². The fourth-order valence-corrected chi connectivity index (χ4v) is 4.30. The zero-order chi connectivity index (χ0) is 22.6. The standard InChI is InChI=1S/C25H20N4O3S/c1-31-19-13-11-18(12-14-19)29-24(22-10-5-15-32-22)27-28-25(29)33-16-23(30)26-21-9-4-7-17-6-2-3-8-20(17)21/h2-15H,16H2,1H3,(H,26,30). The Hall–Kier alpha value is -4.04. The summed E-state index contributed by atoms with van der Waals surface area (Å²) in [5, 5.41) is 14.3. The first-order valence-electron chi connectivity index (χ1n) is 10.3. The van der Waals surface area contributed by atoms with Crippen LogP contribution in [0.1, 0.15) is 0 Å². The zero-order valence-electron chi connectivity index (χ0n) is 17.8. The van der Waals surface area contributed by atoms with E-state index in [0.717, 1.165) is 27.9 Å².